The Kier molecular flexibility index (Phi) is 5.26. The monoisotopic (exact) mass is 461 g/mol. The Bertz CT molecular complexity index is 1380. The number of anilines is 1. The topological polar surface area (TPSA) is 173 Å². The van der Waals surface area contributed by atoms with Gasteiger partial charge in [-0.25, -0.2) is 9.89 Å². The molecule has 3 aromatic rings. The third-order valence-electron chi connectivity index (χ3n) is 4.94. The van der Waals surface area contributed by atoms with Crippen molar-refractivity contribution < 1.29 is 4.74 Å². The van der Waals surface area contributed by atoms with E-state index in [9.17, 15) is 14.4 Å². The molecule has 4 N–H and O–H groups in total. The maximum atomic E-state index is 12.1. The molecule has 2 aromatic heterocycles. The summed E-state index contributed by atoms with van der Waals surface area (Å²) in [5.41, 5.74) is 3.94. The number of H-pyrrole nitrogens is 2. The molecular weight excluding hydrogens is 449 g/mol. The van der Waals surface area contributed by atoms with E-state index in [1.54, 1.807) is 0 Å². The smallest absolute Gasteiger partial charge is 0.349 e. The molecule has 0 radical (unpaired) electrons. The fourth-order valence-electron chi connectivity index (χ4n) is 3.21. The third kappa shape index (κ3) is 3.78. The number of halogens is 2. The molecule has 31 heavy (non-hydrogen) atoms. The summed E-state index contributed by atoms with van der Waals surface area (Å²) >= 11 is 12.6. The van der Waals surface area contributed by atoms with Crippen LogP contribution in [0.1, 0.15) is 24.3 Å². The highest BCUT2D eigenvalue weighted by molar-refractivity contribution is 6.37. The lowest BCUT2D eigenvalue weighted by atomic mass is 9.71. The maximum absolute atomic E-state index is 12.1. The molecule has 0 saturated heterocycles. The van der Waals surface area contributed by atoms with Gasteiger partial charge >= 0.3 is 5.69 Å². The van der Waals surface area contributed by atoms with Gasteiger partial charge in [-0.2, -0.15) is 9.94 Å². The standard InChI is InChI=1S/C18H13Cl2N7O4/c19-11-3-8(27-18(30)23-17(29)15(22)26-27)4-12(20)14(11)31-13-5-10(16(28)25-24-13)9-2-1-7(9)6-21/h3-5,7,9H,1-2H2,(H2,22,26)(H,25,28)(H,23,29,30). The molecule has 158 valence electrons. The molecule has 13 heteroatoms. The molecule has 1 aliphatic carbocycles. The third-order valence-corrected chi connectivity index (χ3v) is 5.50. The van der Waals surface area contributed by atoms with Crippen LogP contribution in [0.2, 0.25) is 10.0 Å². The highest BCUT2D eigenvalue weighted by Crippen LogP contribution is 2.42. The summed E-state index contributed by atoms with van der Waals surface area (Å²) < 4.78 is 6.50. The van der Waals surface area contributed by atoms with Crippen molar-refractivity contribution in [1.82, 2.24) is 25.0 Å². The van der Waals surface area contributed by atoms with E-state index in [2.05, 4.69) is 21.4 Å². The molecule has 4 rings (SSSR count). The van der Waals surface area contributed by atoms with E-state index >= 15 is 0 Å². The minimum absolute atomic E-state index is 0.00840. The first-order chi connectivity index (χ1) is 14.8. The summed E-state index contributed by atoms with van der Waals surface area (Å²) in [6.45, 7) is 0. The average molecular weight is 462 g/mol. The molecule has 2 unspecified atom stereocenters. The lowest BCUT2D eigenvalue weighted by molar-refractivity contribution is 0.320. The minimum atomic E-state index is -0.834. The summed E-state index contributed by atoms with van der Waals surface area (Å²) in [5.74, 6) is -0.801. The quantitative estimate of drug-likeness (QED) is 0.525. The summed E-state index contributed by atoms with van der Waals surface area (Å²) in [4.78, 5) is 37.6. The summed E-state index contributed by atoms with van der Waals surface area (Å²) in [5, 5.41) is 19.1. The van der Waals surface area contributed by atoms with Crippen LogP contribution in [0.4, 0.5) is 5.82 Å². The first-order valence-electron chi connectivity index (χ1n) is 8.94. The van der Waals surface area contributed by atoms with Crippen LogP contribution in [0.25, 0.3) is 5.69 Å². The van der Waals surface area contributed by atoms with Crippen LogP contribution in [-0.2, 0) is 0 Å². The fraction of sp³-hybridized carbons (Fsp3) is 0.222. The number of hydrogen-bond acceptors (Lipinski definition) is 8. The van der Waals surface area contributed by atoms with E-state index in [1.807, 2.05) is 4.98 Å². The number of aromatic nitrogens is 5. The van der Waals surface area contributed by atoms with Crippen molar-refractivity contribution in [2.45, 2.75) is 18.8 Å². The largest absolute Gasteiger partial charge is 0.434 e. The Morgan fingerprint density at radius 1 is 1.16 bits per heavy atom. The Hall–Kier alpha value is -3.62. The highest BCUT2D eigenvalue weighted by Gasteiger charge is 2.34. The van der Waals surface area contributed by atoms with Crippen LogP contribution in [0.3, 0.4) is 0 Å². The predicted molar refractivity (Wildman–Crippen MR) is 111 cm³/mol. The summed E-state index contributed by atoms with van der Waals surface area (Å²) in [6.07, 6.45) is 1.44. The van der Waals surface area contributed by atoms with E-state index in [1.165, 1.54) is 18.2 Å². The zero-order chi connectivity index (χ0) is 22.3. The first kappa shape index (κ1) is 20.6. The molecule has 1 saturated carbocycles. The number of nitrogen functional groups attached to an aromatic ring is 1. The molecular formula is C18H13Cl2N7O4. The van der Waals surface area contributed by atoms with Gasteiger partial charge in [0.1, 0.15) is 0 Å². The van der Waals surface area contributed by atoms with Crippen molar-refractivity contribution >= 4 is 29.0 Å². The van der Waals surface area contributed by atoms with Crippen molar-refractivity contribution in [2.24, 2.45) is 5.92 Å². The molecule has 0 spiro atoms. The van der Waals surface area contributed by atoms with Gasteiger partial charge in [0.2, 0.25) is 11.7 Å². The molecule has 2 atom stereocenters. The van der Waals surface area contributed by atoms with Gasteiger partial charge < -0.3 is 10.5 Å². The number of nitrogens with one attached hydrogen (secondary N) is 2. The van der Waals surface area contributed by atoms with Crippen LogP contribution < -0.4 is 27.3 Å². The number of aromatic amines is 2. The van der Waals surface area contributed by atoms with Crippen LogP contribution >= 0.6 is 23.2 Å². The van der Waals surface area contributed by atoms with Crippen LogP contribution in [-0.4, -0.2) is 25.0 Å². The molecule has 1 fully saturated rings. The molecule has 0 bridgehead atoms. The zero-order valence-corrected chi connectivity index (χ0v) is 17.1. The number of ether oxygens (including phenoxy) is 1. The SMILES string of the molecule is N#CC1CCC1c1cc(Oc2c(Cl)cc(-n3nc(N)c(=O)[nH]c3=O)cc2Cl)n[nH]c1=O. The lowest BCUT2D eigenvalue weighted by Crippen LogP contribution is -2.33. The van der Waals surface area contributed by atoms with Crippen molar-refractivity contribution in [2.75, 3.05) is 5.73 Å². The second-order valence-corrected chi connectivity index (χ2v) is 7.62. The second kappa shape index (κ2) is 7.90. The minimum Gasteiger partial charge on any atom is -0.434 e. The van der Waals surface area contributed by atoms with Gasteiger partial charge in [0, 0.05) is 17.5 Å². The van der Waals surface area contributed by atoms with Crippen molar-refractivity contribution in [3.05, 3.63) is 65.0 Å². The van der Waals surface area contributed by atoms with E-state index in [-0.39, 0.29) is 39.2 Å². The first-order valence-corrected chi connectivity index (χ1v) is 9.69. The lowest BCUT2D eigenvalue weighted by Gasteiger charge is -2.30. The Morgan fingerprint density at radius 2 is 1.87 bits per heavy atom. The fourth-order valence-corrected chi connectivity index (χ4v) is 3.77. The number of benzene rings is 1. The molecule has 0 amide bonds. The van der Waals surface area contributed by atoms with Gasteiger partial charge in [0.25, 0.3) is 11.1 Å². The van der Waals surface area contributed by atoms with Crippen molar-refractivity contribution in [1.29, 1.82) is 5.26 Å². The highest BCUT2D eigenvalue weighted by atomic mass is 35.5. The molecule has 0 aliphatic heterocycles. The van der Waals surface area contributed by atoms with E-state index in [4.69, 9.17) is 38.9 Å². The Morgan fingerprint density at radius 3 is 2.48 bits per heavy atom. The number of nitrogens with two attached hydrogens (primary N) is 1. The molecule has 1 aliphatic rings. The summed E-state index contributed by atoms with van der Waals surface area (Å²) in [7, 11) is 0. The van der Waals surface area contributed by atoms with E-state index in [0.29, 0.717) is 12.0 Å². The second-order valence-electron chi connectivity index (χ2n) is 6.81. The molecule has 1 aromatic carbocycles. The average Bonchev–Trinajstić information content (AvgIpc) is 2.69. The molecule has 11 nitrogen and oxygen atoms in total. The van der Waals surface area contributed by atoms with Gasteiger partial charge in [-0.1, -0.05) is 23.2 Å². The Labute approximate surface area is 183 Å². The number of nitriles is 1. The van der Waals surface area contributed by atoms with Crippen molar-refractivity contribution in [3.63, 3.8) is 0 Å². The number of hydrogen-bond donors (Lipinski definition) is 3. The van der Waals surface area contributed by atoms with Gasteiger partial charge in [-0.3, -0.25) is 14.6 Å². The van der Waals surface area contributed by atoms with Gasteiger partial charge in [-0.05, 0) is 25.0 Å². The Balaban J connectivity index is 1.69. The zero-order valence-electron chi connectivity index (χ0n) is 15.6. The maximum Gasteiger partial charge on any atom is 0.349 e. The van der Waals surface area contributed by atoms with Crippen LogP contribution in [0.15, 0.2) is 32.6 Å². The van der Waals surface area contributed by atoms with Crippen molar-refractivity contribution in [3.8, 4) is 23.4 Å². The van der Waals surface area contributed by atoms with Crippen LogP contribution in [0, 0.1) is 17.2 Å². The van der Waals surface area contributed by atoms with Gasteiger partial charge in [-0.15, -0.1) is 10.2 Å². The molecule has 2 heterocycles. The van der Waals surface area contributed by atoms with Gasteiger partial charge in [0.05, 0.1) is 27.7 Å². The predicted octanol–water partition coefficient (Wildman–Crippen LogP) is 1.70. The number of rotatable bonds is 4. The number of nitrogens with zero attached hydrogens (tertiary/aromatic N) is 4. The normalized spacial score (nSPS) is 17.6. The van der Waals surface area contributed by atoms with E-state index in [0.717, 1.165) is 11.1 Å². The van der Waals surface area contributed by atoms with Crippen LogP contribution in [0.5, 0.6) is 11.6 Å². The van der Waals surface area contributed by atoms with Gasteiger partial charge in [0.15, 0.2) is 5.75 Å². The van der Waals surface area contributed by atoms with E-state index < -0.39 is 22.6 Å². The summed E-state index contributed by atoms with van der Waals surface area (Å²) in [6, 6.07) is 6.29.